The first kappa shape index (κ1) is 13.6. The molecule has 1 aromatic heterocycles. The Morgan fingerprint density at radius 3 is 2.47 bits per heavy atom. The minimum atomic E-state index is 0.521. The second kappa shape index (κ2) is 5.85. The number of hydrogen-bond donors (Lipinski definition) is 1. The summed E-state index contributed by atoms with van der Waals surface area (Å²) in [7, 11) is 2.10. The van der Waals surface area contributed by atoms with E-state index >= 15 is 0 Å². The number of nitrogens with zero attached hydrogens (tertiary/aromatic N) is 2. The Hall–Kier alpha value is -1.87. The van der Waals surface area contributed by atoms with Gasteiger partial charge in [-0.3, -0.25) is 4.98 Å². The lowest BCUT2D eigenvalue weighted by molar-refractivity contribution is 0.885. The minimum Gasteiger partial charge on any atom is -0.370 e. The molecule has 0 saturated heterocycles. The molecule has 0 atom stereocenters. The van der Waals surface area contributed by atoms with Crippen LogP contribution in [0.2, 0.25) is 0 Å². The molecule has 1 heterocycles. The molecule has 3 heteroatoms. The molecule has 3 nitrogen and oxygen atoms in total. The number of pyridine rings is 1. The van der Waals surface area contributed by atoms with E-state index in [0.29, 0.717) is 6.54 Å². The van der Waals surface area contributed by atoms with Crippen LogP contribution in [0.1, 0.15) is 22.5 Å². The second-order valence-corrected chi connectivity index (χ2v) is 4.89. The Balaban J connectivity index is 2.30. The first-order valence-corrected chi connectivity index (χ1v) is 6.54. The molecule has 0 aliphatic rings. The van der Waals surface area contributed by atoms with Gasteiger partial charge in [0.15, 0.2) is 0 Å². The zero-order valence-electron chi connectivity index (χ0n) is 11.9. The van der Waals surface area contributed by atoms with Crippen molar-refractivity contribution < 1.29 is 0 Å². The van der Waals surface area contributed by atoms with Gasteiger partial charge in [-0.05, 0) is 25.5 Å². The Labute approximate surface area is 115 Å². The van der Waals surface area contributed by atoms with Gasteiger partial charge in [-0.1, -0.05) is 30.3 Å². The van der Waals surface area contributed by atoms with Gasteiger partial charge in [-0.25, -0.2) is 0 Å². The molecule has 2 aromatic rings. The highest BCUT2D eigenvalue weighted by Gasteiger charge is 2.11. The maximum Gasteiger partial charge on any atom is 0.0448 e. The number of aryl methyl sites for hydroxylation is 2. The van der Waals surface area contributed by atoms with Gasteiger partial charge >= 0.3 is 0 Å². The lowest BCUT2D eigenvalue weighted by Crippen LogP contribution is -2.20. The monoisotopic (exact) mass is 255 g/mol. The zero-order chi connectivity index (χ0) is 13.8. The van der Waals surface area contributed by atoms with Crippen LogP contribution in [0.5, 0.6) is 0 Å². The number of hydrogen-bond acceptors (Lipinski definition) is 3. The van der Waals surface area contributed by atoms with Crippen LogP contribution >= 0.6 is 0 Å². The number of nitrogens with two attached hydrogens (primary N) is 1. The topological polar surface area (TPSA) is 42.1 Å². The average Bonchev–Trinajstić information content (AvgIpc) is 2.39. The fraction of sp³-hybridized carbons (Fsp3) is 0.312. The third-order valence-corrected chi connectivity index (χ3v) is 3.31. The summed E-state index contributed by atoms with van der Waals surface area (Å²) in [5, 5.41) is 0. The van der Waals surface area contributed by atoms with Crippen molar-refractivity contribution in [1.82, 2.24) is 4.98 Å². The first-order valence-electron chi connectivity index (χ1n) is 6.54. The Bertz CT molecular complexity index is 549. The molecule has 2 N–H and O–H groups in total. The largest absolute Gasteiger partial charge is 0.370 e. The van der Waals surface area contributed by atoms with Crippen LogP contribution in [0, 0.1) is 13.8 Å². The van der Waals surface area contributed by atoms with E-state index in [2.05, 4.69) is 47.3 Å². The highest BCUT2D eigenvalue weighted by Crippen LogP contribution is 2.24. The molecular weight excluding hydrogens is 234 g/mol. The van der Waals surface area contributed by atoms with Crippen molar-refractivity contribution in [3.05, 3.63) is 58.9 Å². The van der Waals surface area contributed by atoms with Crippen LogP contribution in [0.3, 0.4) is 0 Å². The SMILES string of the molecule is Cc1cc(N(C)Cc2ccccc2)c(CN)c(C)n1. The predicted octanol–water partition coefficient (Wildman–Crippen LogP) is 2.79. The van der Waals surface area contributed by atoms with E-state index in [1.165, 1.54) is 11.3 Å². The maximum atomic E-state index is 5.87. The number of anilines is 1. The molecule has 0 aliphatic heterocycles. The second-order valence-electron chi connectivity index (χ2n) is 4.89. The van der Waals surface area contributed by atoms with E-state index in [1.54, 1.807) is 0 Å². The molecule has 0 aliphatic carbocycles. The number of benzene rings is 1. The molecule has 0 amide bonds. The van der Waals surface area contributed by atoms with Crippen molar-refractivity contribution in [1.29, 1.82) is 0 Å². The zero-order valence-corrected chi connectivity index (χ0v) is 11.9. The van der Waals surface area contributed by atoms with Crippen LogP contribution in [0.15, 0.2) is 36.4 Å². The lowest BCUT2D eigenvalue weighted by Gasteiger charge is -2.23. The highest BCUT2D eigenvalue weighted by molar-refractivity contribution is 5.55. The molecule has 19 heavy (non-hydrogen) atoms. The predicted molar refractivity (Wildman–Crippen MR) is 80.2 cm³/mol. The smallest absolute Gasteiger partial charge is 0.0448 e. The maximum absolute atomic E-state index is 5.87. The lowest BCUT2D eigenvalue weighted by atomic mass is 10.1. The van der Waals surface area contributed by atoms with Crippen molar-refractivity contribution in [2.45, 2.75) is 26.9 Å². The summed E-state index contributed by atoms with van der Waals surface area (Å²) in [5.74, 6) is 0. The first-order chi connectivity index (χ1) is 9.11. The van der Waals surface area contributed by atoms with Gasteiger partial charge in [-0.15, -0.1) is 0 Å². The average molecular weight is 255 g/mol. The van der Waals surface area contributed by atoms with Crippen LogP contribution in [0.4, 0.5) is 5.69 Å². The Morgan fingerprint density at radius 2 is 1.84 bits per heavy atom. The van der Waals surface area contributed by atoms with Gasteiger partial charge in [0.05, 0.1) is 0 Å². The Kier molecular flexibility index (Phi) is 4.17. The molecule has 0 bridgehead atoms. The van der Waals surface area contributed by atoms with Gasteiger partial charge in [0.2, 0.25) is 0 Å². The molecule has 0 fully saturated rings. The van der Waals surface area contributed by atoms with E-state index in [0.717, 1.165) is 23.5 Å². The van der Waals surface area contributed by atoms with Crippen molar-refractivity contribution in [3.8, 4) is 0 Å². The van der Waals surface area contributed by atoms with Gasteiger partial charge in [0.25, 0.3) is 0 Å². The third-order valence-electron chi connectivity index (χ3n) is 3.31. The van der Waals surface area contributed by atoms with Crippen LogP contribution in [-0.4, -0.2) is 12.0 Å². The summed E-state index contributed by atoms with van der Waals surface area (Å²) < 4.78 is 0. The number of rotatable bonds is 4. The summed E-state index contributed by atoms with van der Waals surface area (Å²) in [6.45, 7) is 5.44. The van der Waals surface area contributed by atoms with Crippen molar-refractivity contribution in [2.75, 3.05) is 11.9 Å². The number of aromatic nitrogens is 1. The van der Waals surface area contributed by atoms with Gasteiger partial charge in [0, 0.05) is 42.8 Å². The molecule has 0 unspecified atom stereocenters. The van der Waals surface area contributed by atoms with Gasteiger partial charge in [-0.2, -0.15) is 0 Å². The van der Waals surface area contributed by atoms with Gasteiger partial charge in [0.1, 0.15) is 0 Å². The summed E-state index contributed by atoms with van der Waals surface area (Å²) in [6.07, 6.45) is 0. The summed E-state index contributed by atoms with van der Waals surface area (Å²) in [4.78, 5) is 6.72. The molecule has 1 aromatic carbocycles. The molecule has 2 rings (SSSR count). The van der Waals surface area contributed by atoms with Crippen LogP contribution in [-0.2, 0) is 13.1 Å². The fourth-order valence-electron chi connectivity index (χ4n) is 2.37. The minimum absolute atomic E-state index is 0.521. The molecule has 100 valence electrons. The molecule has 0 spiro atoms. The van der Waals surface area contributed by atoms with Gasteiger partial charge < -0.3 is 10.6 Å². The molecule has 0 radical (unpaired) electrons. The summed E-state index contributed by atoms with van der Waals surface area (Å²) in [6, 6.07) is 12.6. The quantitative estimate of drug-likeness (QED) is 0.913. The van der Waals surface area contributed by atoms with E-state index in [4.69, 9.17) is 5.73 Å². The van der Waals surface area contributed by atoms with Crippen molar-refractivity contribution in [2.24, 2.45) is 5.73 Å². The third kappa shape index (κ3) is 3.12. The van der Waals surface area contributed by atoms with E-state index < -0.39 is 0 Å². The van der Waals surface area contributed by atoms with Crippen LogP contribution in [0.25, 0.3) is 0 Å². The van der Waals surface area contributed by atoms with E-state index in [9.17, 15) is 0 Å². The van der Waals surface area contributed by atoms with Crippen LogP contribution < -0.4 is 10.6 Å². The van der Waals surface area contributed by atoms with Crippen molar-refractivity contribution in [3.63, 3.8) is 0 Å². The van der Waals surface area contributed by atoms with E-state index in [1.807, 2.05) is 19.9 Å². The normalized spacial score (nSPS) is 10.5. The highest BCUT2D eigenvalue weighted by atomic mass is 15.1. The van der Waals surface area contributed by atoms with E-state index in [-0.39, 0.29) is 0 Å². The van der Waals surface area contributed by atoms with Crippen molar-refractivity contribution >= 4 is 5.69 Å². The summed E-state index contributed by atoms with van der Waals surface area (Å²) >= 11 is 0. The molecule has 0 saturated carbocycles. The molecular formula is C16H21N3. The fourth-order valence-corrected chi connectivity index (χ4v) is 2.37. The standard InChI is InChI=1S/C16H21N3/c1-12-9-16(15(10-17)13(2)18-12)19(3)11-14-7-5-4-6-8-14/h4-9H,10-11,17H2,1-3H3. The Morgan fingerprint density at radius 1 is 1.16 bits per heavy atom. The summed E-state index contributed by atoms with van der Waals surface area (Å²) in [5.41, 5.74) is 11.5.